The van der Waals surface area contributed by atoms with Crippen LogP contribution in [0.25, 0.3) is 11.3 Å². The van der Waals surface area contributed by atoms with Gasteiger partial charge in [0.05, 0.1) is 26.2 Å². The van der Waals surface area contributed by atoms with Gasteiger partial charge in [-0.1, -0.05) is 0 Å². The first-order valence-corrected chi connectivity index (χ1v) is 5.72. The van der Waals surface area contributed by atoms with Crippen LogP contribution in [0, 0.1) is 0 Å². The lowest BCUT2D eigenvalue weighted by atomic mass is 10.1. The third-order valence-corrected chi connectivity index (χ3v) is 2.70. The summed E-state index contributed by atoms with van der Waals surface area (Å²) in [7, 11) is 3.24. The quantitative estimate of drug-likeness (QED) is 0.870. The molecule has 0 spiro atoms. The second-order valence-electron chi connectivity index (χ2n) is 3.86. The van der Waals surface area contributed by atoms with Gasteiger partial charge in [-0.2, -0.15) is 0 Å². The summed E-state index contributed by atoms with van der Waals surface area (Å²) >= 11 is 0. The highest BCUT2D eigenvalue weighted by molar-refractivity contribution is 5.63. The summed E-state index contributed by atoms with van der Waals surface area (Å²) in [6, 6.07) is 5.74. The van der Waals surface area contributed by atoms with E-state index in [1.165, 1.54) is 0 Å². The van der Waals surface area contributed by atoms with Crippen molar-refractivity contribution < 1.29 is 9.47 Å². The van der Waals surface area contributed by atoms with Crippen molar-refractivity contribution in [3.8, 4) is 22.8 Å². The molecule has 0 bridgehead atoms. The van der Waals surface area contributed by atoms with Crippen LogP contribution in [0.3, 0.4) is 0 Å². The first kappa shape index (κ1) is 12.4. The number of nitrogens with two attached hydrogens (primary N) is 1. The van der Waals surface area contributed by atoms with E-state index in [1.807, 2.05) is 29.0 Å². The van der Waals surface area contributed by atoms with Crippen molar-refractivity contribution in [3.63, 3.8) is 0 Å². The third-order valence-electron chi connectivity index (χ3n) is 2.70. The number of ether oxygens (including phenoxy) is 2. The first-order valence-electron chi connectivity index (χ1n) is 5.72. The Morgan fingerprint density at radius 3 is 2.67 bits per heavy atom. The number of aromatic nitrogens is 2. The molecule has 0 unspecified atom stereocenters. The predicted octanol–water partition coefficient (Wildman–Crippen LogP) is 1.53. The summed E-state index contributed by atoms with van der Waals surface area (Å²) in [5.74, 6) is 1.41. The molecule has 5 nitrogen and oxygen atoms in total. The summed E-state index contributed by atoms with van der Waals surface area (Å²) in [4.78, 5) is 4.35. The summed E-state index contributed by atoms with van der Waals surface area (Å²) in [6.45, 7) is 1.36. The van der Waals surface area contributed by atoms with Crippen molar-refractivity contribution in [2.24, 2.45) is 5.73 Å². The Hall–Kier alpha value is -2.01. The molecule has 96 valence electrons. The van der Waals surface area contributed by atoms with Crippen LogP contribution in [0.1, 0.15) is 0 Å². The Morgan fingerprint density at radius 2 is 2.00 bits per heavy atom. The second kappa shape index (κ2) is 5.55. The van der Waals surface area contributed by atoms with Crippen LogP contribution >= 0.6 is 0 Å². The van der Waals surface area contributed by atoms with Gasteiger partial charge in [0.1, 0.15) is 0 Å². The molecule has 0 aliphatic heterocycles. The minimum absolute atomic E-state index is 0.599. The molecule has 0 saturated carbocycles. The molecule has 5 heteroatoms. The Kier molecular flexibility index (Phi) is 3.84. The zero-order valence-corrected chi connectivity index (χ0v) is 10.6. The predicted molar refractivity (Wildman–Crippen MR) is 69.8 cm³/mol. The maximum atomic E-state index is 5.51. The van der Waals surface area contributed by atoms with Crippen molar-refractivity contribution in [3.05, 3.63) is 30.7 Å². The fourth-order valence-electron chi connectivity index (χ4n) is 1.78. The van der Waals surface area contributed by atoms with Crippen molar-refractivity contribution in [1.29, 1.82) is 0 Å². The van der Waals surface area contributed by atoms with E-state index < -0.39 is 0 Å². The largest absolute Gasteiger partial charge is 0.493 e. The summed E-state index contributed by atoms with van der Waals surface area (Å²) in [5, 5.41) is 0. The average Bonchev–Trinajstić information content (AvgIpc) is 2.87. The number of methoxy groups -OCH3 is 2. The van der Waals surface area contributed by atoms with E-state index in [1.54, 1.807) is 20.5 Å². The van der Waals surface area contributed by atoms with E-state index in [2.05, 4.69) is 4.98 Å². The normalized spacial score (nSPS) is 10.4. The number of hydrogen-bond acceptors (Lipinski definition) is 4. The zero-order chi connectivity index (χ0) is 13.0. The van der Waals surface area contributed by atoms with Gasteiger partial charge in [-0.15, -0.1) is 0 Å². The van der Waals surface area contributed by atoms with Crippen LogP contribution in [0.15, 0.2) is 30.7 Å². The number of hydrogen-bond donors (Lipinski definition) is 1. The van der Waals surface area contributed by atoms with Gasteiger partial charge in [-0.25, -0.2) is 4.98 Å². The van der Waals surface area contributed by atoms with E-state index >= 15 is 0 Å². The van der Waals surface area contributed by atoms with E-state index in [-0.39, 0.29) is 0 Å². The highest BCUT2D eigenvalue weighted by Gasteiger charge is 2.08. The van der Waals surface area contributed by atoms with Gasteiger partial charge in [-0.05, 0) is 18.2 Å². The summed E-state index contributed by atoms with van der Waals surface area (Å²) < 4.78 is 12.4. The molecular formula is C13H17N3O2. The molecular weight excluding hydrogens is 230 g/mol. The molecule has 2 N–H and O–H groups in total. The van der Waals surface area contributed by atoms with Crippen molar-refractivity contribution in [2.75, 3.05) is 20.8 Å². The molecule has 0 amide bonds. The standard InChI is InChI=1S/C13H17N3O2/c1-17-12-4-3-10(7-13(12)18-2)11-8-16(6-5-14)9-15-11/h3-4,7-9H,5-6,14H2,1-2H3. The van der Waals surface area contributed by atoms with Crippen LogP contribution in [0.4, 0.5) is 0 Å². The molecule has 0 fully saturated rings. The van der Waals surface area contributed by atoms with Crippen molar-refractivity contribution in [2.45, 2.75) is 6.54 Å². The van der Waals surface area contributed by atoms with Gasteiger partial charge in [0.15, 0.2) is 11.5 Å². The van der Waals surface area contributed by atoms with Gasteiger partial charge in [0, 0.05) is 24.8 Å². The van der Waals surface area contributed by atoms with Crippen LogP contribution < -0.4 is 15.2 Å². The van der Waals surface area contributed by atoms with Crippen molar-refractivity contribution in [1.82, 2.24) is 9.55 Å². The molecule has 2 aromatic rings. The number of nitrogens with zero attached hydrogens (tertiary/aromatic N) is 2. The fraction of sp³-hybridized carbons (Fsp3) is 0.308. The van der Waals surface area contributed by atoms with Crippen LogP contribution in [0.2, 0.25) is 0 Å². The van der Waals surface area contributed by atoms with Crippen LogP contribution in [0.5, 0.6) is 11.5 Å². The second-order valence-corrected chi connectivity index (χ2v) is 3.86. The SMILES string of the molecule is COc1ccc(-c2cn(CCN)cn2)cc1OC. The van der Waals surface area contributed by atoms with E-state index in [9.17, 15) is 0 Å². The highest BCUT2D eigenvalue weighted by atomic mass is 16.5. The number of rotatable bonds is 5. The topological polar surface area (TPSA) is 62.3 Å². The average molecular weight is 247 g/mol. The molecule has 1 heterocycles. The lowest BCUT2D eigenvalue weighted by Crippen LogP contribution is -2.07. The molecule has 0 radical (unpaired) electrons. The molecule has 0 aliphatic rings. The zero-order valence-electron chi connectivity index (χ0n) is 10.6. The third kappa shape index (κ3) is 2.46. The Labute approximate surface area is 106 Å². The molecule has 1 aromatic heterocycles. The lowest BCUT2D eigenvalue weighted by Gasteiger charge is -2.08. The highest BCUT2D eigenvalue weighted by Crippen LogP contribution is 2.31. The van der Waals surface area contributed by atoms with E-state index in [0.717, 1.165) is 17.8 Å². The van der Waals surface area contributed by atoms with Gasteiger partial charge in [0.2, 0.25) is 0 Å². The van der Waals surface area contributed by atoms with Crippen LogP contribution in [-0.4, -0.2) is 30.3 Å². The van der Waals surface area contributed by atoms with Gasteiger partial charge in [-0.3, -0.25) is 0 Å². The smallest absolute Gasteiger partial charge is 0.161 e. The number of imidazole rings is 1. The van der Waals surface area contributed by atoms with Gasteiger partial charge < -0.3 is 19.8 Å². The Bertz CT molecular complexity index is 523. The first-order chi connectivity index (χ1) is 8.78. The Morgan fingerprint density at radius 1 is 1.22 bits per heavy atom. The molecule has 18 heavy (non-hydrogen) atoms. The fourth-order valence-corrected chi connectivity index (χ4v) is 1.78. The maximum Gasteiger partial charge on any atom is 0.161 e. The monoisotopic (exact) mass is 247 g/mol. The molecule has 0 atom stereocenters. The summed E-state index contributed by atoms with van der Waals surface area (Å²) in [5.41, 5.74) is 7.39. The van der Waals surface area contributed by atoms with Gasteiger partial charge >= 0.3 is 0 Å². The molecule has 1 aromatic carbocycles. The summed E-state index contributed by atoms with van der Waals surface area (Å²) in [6.07, 6.45) is 3.74. The minimum atomic E-state index is 0.599. The molecule has 0 saturated heterocycles. The number of benzene rings is 1. The van der Waals surface area contributed by atoms with E-state index in [0.29, 0.717) is 18.0 Å². The molecule has 2 rings (SSSR count). The van der Waals surface area contributed by atoms with E-state index in [4.69, 9.17) is 15.2 Å². The van der Waals surface area contributed by atoms with Crippen molar-refractivity contribution >= 4 is 0 Å². The lowest BCUT2D eigenvalue weighted by molar-refractivity contribution is 0.355. The van der Waals surface area contributed by atoms with Gasteiger partial charge in [0.25, 0.3) is 0 Å². The maximum absolute atomic E-state index is 5.51. The minimum Gasteiger partial charge on any atom is -0.493 e. The molecule has 0 aliphatic carbocycles. The van der Waals surface area contributed by atoms with Crippen LogP contribution in [-0.2, 0) is 6.54 Å². The Balaban J connectivity index is 2.31.